The van der Waals surface area contributed by atoms with Gasteiger partial charge < -0.3 is 81.0 Å². The molecule has 4 heterocycles. The second-order valence-corrected chi connectivity index (χ2v) is 23.9. The quantitative estimate of drug-likeness (QED) is 0.0146. The Labute approximate surface area is 541 Å². The SMILES string of the molecule is CCC.CCCCCCCCCCCC(NC(=O)CCCCC1SCC2NC(=O)NC21)SCC(NC(C)(C)C)C(=O)NC.CCc1c([NH-])c(=O)c1=O.CNC(C)=O.[NH-]c1c(CC2SCC3NC(=O)NC32)c(=O)c1=O.[SH-].[SH-].[Y].[Y]. The molecule has 0 spiro atoms. The summed E-state index contributed by atoms with van der Waals surface area (Å²) in [7, 11) is 3.27. The molecule has 442 valence electrons. The molecular weight excluding hydrogens is 1250 g/mol. The van der Waals surface area contributed by atoms with E-state index >= 15 is 0 Å². The molecule has 78 heavy (non-hydrogen) atoms. The Balaban J connectivity index is -0.00000120. The van der Waals surface area contributed by atoms with Crippen LogP contribution < -0.4 is 64.2 Å². The number of likely N-dealkylation sites (N-methyl/N-ethyl adjacent to an activating group) is 1. The van der Waals surface area contributed by atoms with Gasteiger partial charge in [-0.2, -0.15) is 23.5 Å². The van der Waals surface area contributed by atoms with Crippen molar-refractivity contribution in [2.45, 2.75) is 216 Å². The van der Waals surface area contributed by atoms with E-state index in [4.69, 9.17) is 11.5 Å². The van der Waals surface area contributed by atoms with Crippen molar-refractivity contribution in [3.63, 3.8) is 0 Å². The topological polar surface area (TPSA) is 297 Å². The number of urea groups is 2. The van der Waals surface area contributed by atoms with Crippen molar-refractivity contribution in [2.75, 3.05) is 31.4 Å². The Morgan fingerprint density at radius 2 is 1.13 bits per heavy atom. The van der Waals surface area contributed by atoms with Crippen molar-refractivity contribution < 1.29 is 89.4 Å². The first-order valence-electron chi connectivity index (χ1n) is 26.6. The van der Waals surface area contributed by atoms with E-state index in [0.717, 1.165) is 43.6 Å². The molecule has 4 saturated heterocycles. The maximum atomic E-state index is 12.9. The van der Waals surface area contributed by atoms with Gasteiger partial charge in [-0.1, -0.05) is 110 Å². The number of thiol groups is 2. The van der Waals surface area contributed by atoms with Crippen molar-refractivity contribution >= 4 is 103 Å². The van der Waals surface area contributed by atoms with Gasteiger partial charge in [-0.15, -0.1) is 11.8 Å². The number of amides is 7. The summed E-state index contributed by atoms with van der Waals surface area (Å²) >= 11 is 5.27. The predicted octanol–water partition coefficient (Wildman–Crippen LogP) is 6.14. The zero-order valence-corrected chi connectivity index (χ0v) is 57.6. The van der Waals surface area contributed by atoms with Crippen molar-refractivity contribution in [1.82, 2.24) is 42.5 Å². The number of carbonyl (C=O) groups is 5. The molecule has 19 nitrogen and oxygen atoms in total. The monoisotopic (exact) mass is 1340 g/mol. The van der Waals surface area contributed by atoms with Gasteiger partial charge in [-0.3, -0.25) is 33.6 Å². The van der Waals surface area contributed by atoms with Crippen LogP contribution >= 0.6 is 35.3 Å². The standard InChI is InChI=1S/C30H57N5O3S2.C10H11N3O3S.C6H7NO2.C3H7NO.C3H8.2H2S.2Y/c1-6-7-8-9-10-11-12-13-14-19-26(40-21-23(28(37)31-5)35-30(2,3)4)33-25(36)18-16-15-17-24-27-22(20-39-24)32-29(38)34-27;11-6-3(8(14)9(6)15)1-5-7-4(2-17-5)12-10(16)13-7;1-2-3-4(7)6(9)5(3)8;1-3(5)4-2;1-3-2;;;;/h22-24,26-27,35H,6-21H2,1-5H3,(H,31,37)(H,33,36)(H2,32,34,38);4-5,7H,1-2H2,(H4,11,12,13,14,16);2H2,1H3,(H2,7,8);1-2H3,(H,4,5);3H2,1-2H3;2*1H2;;/p-4. The smallest absolute Gasteiger partial charge is 0.315 e. The van der Waals surface area contributed by atoms with Crippen molar-refractivity contribution in [3.05, 3.63) is 63.5 Å². The summed E-state index contributed by atoms with van der Waals surface area (Å²) in [6, 6.07) is 0.0210. The molecule has 7 amide bonds. The van der Waals surface area contributed by atoms with Crippen LogP contribution in [0.2, 0.25) is 0 Å². The molecule has 10 N–H and O–H groups in total. The van der Waals surface area contributed by atoms with Gasteiger partial charge >= 0.3 is 12.1 Å². The van der Waals surface area contributed by atoms with E-state index < -0.39 is 21.7 Å². The van der Waals surface area contributed by atoms with Gasteiger partial charge in [0.1, 0.15) is 0 Å². The second kappa shape index (κ2) is 43.3. The fourth-order valence-electron chi connectivity index (χ4n) is 8.63. The zero-order chi connectivity index (χ0) is 55.5. The Morgan fingerprint density at radius 1 is 0.667 bits per heavy atom. The van der Waals surface area contributed by atoms with Crippen LogP contribution in [0.4, 0.5) is 21.0 Å². The number of unbranched alkanes of at least 4 members (excludes halogenated alkanes) is 9. The molecule has 4 fully saturated rings. The van der Waals surface area contributed by atoms with Crippen LogP contribution in [0.1, 0.15) is 163 Å². The molecule has 2 aromatic carbocycles. The van der Waals surface area contributed by atoms with E-state index in [1.807, 2.05) is 11.8 Å². The van der Waals surface area contributed by atoms with E-state index in [-0.39, 0.29) is 180 Å². The van der Waals surface area contributed by atoms with Crippen LogP contribution in [0.25, 0.3) is 11.5 Å². The number of nitrogens with one attached hydrogen (secondary N) is 10. The van der Waals surface area contributed by atoms with E-state index in [1.165, 1.54) is 64.7 Å². The van der Waals surface area contributed by atoms with Crippen molar-refractivity contribution in [2.24, 2.45) is 0 Å². The molecule has 4 aliphatic heterocycles. The van der Waals surface area contributed by atoms with Crippen LogP contribution in [0, 0.1) is 0 Å². The fourth-order valence-corrected chi connectivity index (χ4v) is 12.9. The summed E-state index contributed by atoms with van der Waals surface area (Å²) < 4.78 is 0. The summed E-state index contributed by atoms with van der Waals surface area (Å²) in [5.74, 6) is 2.47. The van der Waals surface area contributed by atoms with Crippen molar-refractivity contribution in [3.8, 4) is 0 Å². The van der Waals surface area contributed by atoms with Gasteiger partial charge in [0.25, 0.3) is 0 Å². The first-order chi connectivity index (χ1) is 35.1. The summed E-state index contributed by atoms with van der Waals surface area (Å²) in [5.41, 5.74) is 12.3. The maximum Gasteiger partial charge on any atom is 0.315 e. The Kier molecular flexibility index (Phi) is 44.9. The normalized spacial score (nSPS) is 19.9. The molecule has 0 saturated carbocycles. The minimum absolute atomic E-state index is 0. The average Bonchev–Trinajstić information content (AvgIpc) is 4.14. The minimum Gasteiger partial charge on any atom is -0.813 e. The first-order valence-corrected chi connectivity index (χ1v) is 29.7. The molecule has 6 rings (SSSR count). The molecular formula is C52H90N10O9S5Y2-4. The molecule has 2 aromatic rings. The molecule has 0 aliphatic carbocycles. The second-order valence-electron chi connectivity index (χ2n) is 20.2. The average molecular weight is 1340 g/mol. The van der Waals surface area contributed by atoms with Crippen LogP contribution in [-0.4, -0.2) is 113 Å². The number of hydrogen-bond acceptors (Lipinski definition) is 15. The molecule has 26 heteroatoms. The van der Waals surface area contributed by atoms with Gasteiger partial charge in [0.15, 0.2) is 0 Å². The van der Waals surface area contributed by atoms with Gasteiger partial charge in [0.05, 0.1) is 35.6 Å². The third kappa shape index (κ3) is 28.7. The zero-order valence-electron chi connectivity index (χ0n) is 47.7. The van der Waals surface area contributed by atoms with Crippen LogP contribution in [0.3, 0.4) is 0 Å². The summed E-state index contributed by atoms with van der Waals surface area (Å²) in [6.45, 7) is 15.9. The molecule has 8 unspecified atom stereocenters. The van der Waals surface area contributed by atoms with Gasteiger partial charge in [0, 0.05) is 126 Å². The van der Waals surface area contributed by atoms with Gasteiger partial charge in [-0.25, -0.2) is 9.59 Å². The molecule has 0 bridgehead atoms. The number of thioether (sulfide) groups is 3. The Hall–Kier alpha value is -1.37. The van der Waals surface area contributed by atoms with E-state index in [9.17, 15) is 43.2 Å². The Morgan fingerprint density at radius 3 is 1.56 bits per heavy atom. The third-order valence-corrected chi connectivity index (χ3v) is 16.9. The number of rotatable bonds is 24. The molecule has 0 aromatic heterocycles. The predicted molar refractivity (Wildman–Crippen MR) is 323 cm³/mol. The van der Waals surface area contributed by atoms with Gasteiger partial charge in [-0.05, 0) is 64.0 Å². The van der Waals surface area contributed by atoms with Gasteiger partial charge in [0.2, 0.25) is 39.4 Å². The van der Waals surface area contributed by atoms with E-state index in [1.54, 1.807) is 44.5 Å². The summed E-state index contributed by atoms with van der Waals surface area (Å²) in [4.78, 5) is 101. The molecule has 2 radical (unpaired) electrons. The minimum atomic E-state index is -0.687. The number of fused-ring (bicyclic) bond motifs is 2. The van der Waals surface area contributed by atoms with E-state index in [0.29, 0.717) is 41.4 Å². The summed E-state index contributed by atoms with van der Waals surface area (Å²) in [5, 5.41) is 24.0. The third-order valence-electron chi connectivity index (χ3n) is 12.7. The number of hydrogen-bond donors (Lipinski definition) is 8. The first kappa shape index (κ1) is 80.8. The Bertz CT molecular complexity index is 2230. The number of carbonyl (C=O) groups excluding carboxylic acids is 5. The fraction of sp³-hybridized carbons (Fsp3) is 0.750. The van der Waals surface area contributed by atoms with Crippen LogP contribution in [0.15, 0.2) is 19.2 Å². The molecule has 4 aliphatic rings. The summed E-state index contributed by atoms with van der Waals surface area (Å²) in [6.07, 6.45) is 17.9. The van der Waals surface area contributed by atoms with Crippen LogP contribution in [-0.2, 0) is 120 Å². The largest absolute Gasteiger partial charge is 0.813 e. The van der Waals surface area contributed by atoms with E-state index in [2.05, 4.69) is 84.1 Å². The van der Waals surface area contributed by atoms with Crippen LogP contribution in [0.5, 0.6) is 0 Å². The maximum absolute atomic E-state index is 12.9. The van der Waals surface area contributed by atoms with Crippen molar-refractivity contribution in [1.29, 1.82) is 0 Å². The molecule has 8 atom stereocenters.